The summed E-state index contributed by atoms with van der Waals surface area (Å²) in [4.78, 5) is 54.4. The van der Waals surface area contributed by atoms with Crippen LogP contribution in [0.5, 0.6) is 5.75 Å². The van der Waals surface area contributed by atoms with E-state index in [9.17, 15) is 27.4 Å². The van der Waals surface area contributed by atoms with Crippen LogP contribution in [0.4, 0.5) is 17.6 Å². The summed E-state index contributed by atoms with van der Waals surface area (Å²) in [6.45, 7) is 0. The van der Waals surface area contributed by atoms with Crippen LogP contribution in [0.3, 0.4) is 0 Å². The first kappa shape index (κ1) is 35.7. The number of rotatable bonds is 6. The molecule has 13 heteroatoms. The van der Waals surface area contributed by atoms with Crippen LogP contribution in [0, 0.1) is 76.5 Å². The number of halogens is 4. The van der Waals surface area contributed by atoms with Crippen molar-refractivity contribution in [1.29, 1.82) is 0 Å². The number of benzene rings is 2. The third kappa shape index (κ3) is 4.70. The predicted octanol–water partition coefficient (Wildman–Crippen LogP) is 7.65. The van der Waals surface area contributed by atoms with Gasteiger partial charge in [0, 0.05) is 29.6 Å². The second-order valence-electron chi connectivity index (χ2n) is 19.8. The highest BCUT2D eigenvalue weighted by atomic mass is 32.2. The monoisotopic (exact) mass is 794 g/mol. The third-order valence-corrected chi connectivity index (χ3v) is 17.6. The van der Waals surface area contributed by atoms with E-state index in [4.69, 9.17) is 4.74 Å². The number of ether oxygens (including phenoxy) is 1. The van der Waals surface area contributed by atoms with Crippen molar-refractivity contribution in [2.75, 3.05) is 0 Å². The fourth-order valence-corrected chi connectivity index (χ4v) is 16.0. The molecule has 12 aliphatic rings. The van der Waals surface area contributed by atoms with Crippen LogP contribution in [-0.4, -0.2) is 36.3 Å². The largest absolute Gasteiger partial charge is 0.416 e. The second-order valence-corrected chi connectivity index (χ2v) is 21.1. The maximum atomic E-state index is 15.6. The van der Waals surface area contributed by atoms with Gasteiger partial charge < -0.3 is 4.74 Å². The summed E-state index contributed by atoms with van der Waals surface area (Å²) in [5.41, 5.74) is -0.419. The first-order valence-electron chi connectivity index (χ1n) is 20.4. The number of Topliss-reactive ketones (excluding diaryl/α,β-unsaturated/α-hetero) is 3. The molecule has 12 saturated carbocycles. The predicted molar refractivity (Wildman–Crippen MR) is 188 cm³/mol. The van der Waals surface area contributed by atoms with Crippen molar-refractivity contribution in [3.63, 3.8) is 0 Å². The minimum absolute atomic E-state index is 0.00630. The standard InChI is InChI=1S/C43H42F4O8S/c44-31-33(46)38(56(52,53)54)34(47)32(45)37(31)55-40(51)30-28(41-10-20-4-23(14-41)35(48)24(5-20)15-41)8-27(43-12-18-1-19(13-43)3-22(2-18)39(43)50)9-29(30)42-11-21-6-25(16-42)36(49)26(7-21)17-42/h8-9,18-26H,1-7,10-17H2,(H,52,53,54). The molecule has 0 saturated heterocycles. The first-order chi connectivity index (χ1) is 26.5. The Kier molecular flexibility index (Phi) is 7.26. The molecule has 0 aliphatic heterocycles. The summed E-state index contributed by atoms with van der Waals surface area (Å²) in [6, 6.07) is 3.87. The van der Waals surface area contributed by atoms with Crippen LogP contribution >= 0.6 is 0 Å². The van der Waals surface area contributed by atoms with Gasteiger partial charge in [0.05, 0.1) is 11.0 Å². The summed E-state index contributed by atoms with van der Waals surface area (Å²) < 4.78 is 99.7. The van der Waals surface area contributed by atoms with Gasteiger partial charge in [-0.1, -0.05) is 12.1 Å². The maximum absolute atomic E-state index is 15.6. The Labute approximate surface area is 321 Å². The number of esters is 1. The molecule has 14 rings (SSSR count). The maximum Gasteiger partial charge on any atom is 0.344 e. The zero-order valence-corrected chi connectivity index (χ0v) is 31.5. The molecule has 0 heterocycles. The lowest BCUT2D eigenvalue weighted by molar-refractivity contribution is -0.143. The van der Waals surface area contributed by atoms with Crippen molar-refractivity contribution >= 4 is 33.4 Å². The molecule has 296 valence electrons. The number of carbonyl (C=O) groups excluding carboxylic acids is 4. The summed E-state index contributed by atoms with van der Waals surface area (Å²) in [7, 11) is -5.76. The zero-order chi connectivity index (χ0) is 39.0. The molecule has 6 atom stereocenters. The highest BCUT2D eigenvalue weighted by Crippen LogP contribution is 2.65. The minimum Gasteiger partial charge on any atom is -0.416 e. The summed E-state index contributed by atoms with van der Waals surface area (Å²) in [6.07, 6.45) is 10.0. The van der Waals surface area contributed by atoms with E-state index in [1.54, 1.807) is 0 Å². The molecular formula is C43H42F4O8S. The van der Waals surface area contributed by atoms with Gasteiger partial charge in [-0.15, -0.1) is 0 Å². The number of carbonyl (C=O) groups is 4. The Hall–Kier alpha value is -3.45. The zero-order valence-electron chi connectivity index (χ0n) is 30.7. The molecule has 2 aromatic carbocycles. The van der Waals surface area contributed by atoms with Crippen molar-refractivity contribution in [1.82, 2.24) is 0 Å². The fraction of sp³-hybridized carbons (Fsp3) is 0.628. The molecule has 12 aliphatic carbocycles. The van der Waals surface area contributed by atoms with E-state index in [1.165, 1.54) is 0 Å². The minimum atomic E-state index is -5.76. The Bertz CT molecular complexity index is 2180. The summed E-state index contributed by atoms with van der Waals surface area (Å²) >= 11 is 0. The van der Waals surface area contributed by atoms with Gasteiger partial charge in [0.2, 0.25) is 17.4 Å². The van der Waals surface area contributed by atoms with Crippen molar-refractivity contribution in [2.45, 2.75) is 117 Å². The van der Waals surface area contributed by atoms with Crippen LogP contribution in [0.2, 0.25) is 0 Å². The van der Waals surface area contributed by atoms with E-state index in [0.29, 0.717) is 74.3 Å². The Morgan fingerprint density at radius 3 is 1.45 bits per heavy atom. The van der Waals surface area contributed by atoms with Gasteiger partial charge in [0.1, 0.15) is 17.3 Å². The van der Waals surface area contributed by atoms with Crippen LogP contribution in [-0.2, 0) is 40.7 Å². The lowest BCUT2D eigenvalue weighted by Crippen LogP contribution is -2.57. The number of hydrogen-bond donors (Lipinski definition) is 1. The molecule has 0 spiro atoms. The van der Waals surface area contributed by atoms with Gasteiger partial charge in [-0.05, 0) is 148 Å². The quantitative estimate of drug-likeness (QED) is 0.104. The number of hydrogen-bond acceptors (Lipinski definition) is 7. The van der Waals surface area contributed by atoms with Gasteiger partial charge in [-0.2, -0.15) is 17.2 Å². The normalized spacial score (nSPS) is 41.3. The molecule has 0 amide bonds. The average molecular weight is 795 g/mol. The van der Waals surface area contributed by atoms with Crippen molar-refractivity contribution in [2.24, 2.45) is 53.3 Å². The lowest BCUT2D eigenvalue weighted by atomic mass is 9.44. The van der Waals surface area contributed by atoms with Crippen LogP contribution in [0.1, 0.15) is 123 Å². The van der Waals surface area contributed by atoms with Gasteiger partial charge in [0.25, 0.3) is 0 Å². The van der Waals surface area contributed by atoms with E-state index in [1.807, 2.05) is 12.1 Å². The van der Waals surface area contributed by atoms with Crippen LogP contribution in [0.25, 0.3) is 0 Å². The molecule has 8 nitrogen and oxygen atoms in total. The van der Waals surface area contributed by atoms with E-state index >= 15 is 22.4 Å². The van der Waals surface area contributed by atoms with Crippen LogP contribution < -0.4 is 4.74 Å². The van der Waals surface area contributed by atoms with Crippen molar-refractivity contribution < 1.29 is 54.4 Å². The smallest absolute Gasteiger partial charge is 0.344 e. The fourth-order valence-electron chi connectivity index (χ4n) is 15.3. The van der Waals surface area contributed by atoms with Crippen molar-refractivity contribution in [3.05, 3.63) is 57.7 Å². The molecule has 12 bridgehead atoms. The molecule has 12 fully saturated rings. The highest BCUT2D eigenvalue weighted by Gasteiger charge is 2.62. The third-order valence-electron chi connectivity index (χ3n) is 16.7. The van der Waals surface area contributed by atoms with E-state index < -0.39 is 66.2 Å². The Balaban J connectivity index is 1.16. The molecule has 0 aromatic heterocycles. The summed E-state index contributed by atoms with van der Waals surface area (Å²) in [5.74, 6) is -11.9. The highest BCUT2D eigenvalue weighted by molar-refractivity contribution is 7.85. The van der Waals surface area contributed by atoms with Gasteiger partial charge in [-0.25, -0.2) is 13.6 Å². The van der Waals surface area contributed by atoms with Gasteiger partial charge >= 0.3 is 16.1 Å². The molecule has 1 N–H and O–H groups in total. The Morgan fingerprint density at radius 2 is 1.02 bits per heavy atom. The average Bonchev–Trinajstić information content (AvgIpc) is 3.13. The molecule has 0 radical (unpaired) electrons. The van der Waals surface area contributed by atoms with E-state index in [-0.39, 0.29) is 64.3 Å². The Morgan fingerprint density at radius 1 is 0.607 bits per heavy atom. The molecular weight excluding hydrogens is 753 g/mol. The van der Waals surface area contributed by atoms with Gasteiger partial charge in [-0.3, -0.25) is 18.9 Å². The van der Waals surface area contributed by atoms with Crippen LogP contribution in [0.15, 0.2) is 17.0 Å². The van der Waals surface area contributed by atoms with E-state index in [0.717, 1.165) is 50.5 Å². The van der Waals surface area contributed by atoms with Gasteiger partial charge in [0.15, 0.2) is 16.5 Å². The molecule has 6 unspecified atom stereocenters. The topological polar surface area (TPSA) is 132 Å². The van der Waals surface area contributed by atoms with E-state index in [2.05, 4.69) is 0 Å². The second kappa shape index (κ2) is 11.4. The molecule has 2 aromatic rings. The first-order valence-corrected chi connectivity index (χ1v) is 21.8. The lowest BCUT2D eigenvalue weighted by Gasteiger charge is -2.59. The SMILES string of the molecule is O=C(Oc1c(F)c(F)c(S(=O)(=O)O)c(F)c1F)c1c(C23CC4CC(C2)C(=O)C(C4)C3)cc(C23CC4CC(CC(C4)C2=O)C3)cc1C12CC3CC(C1)C(=O)C(C3)C2. The molecule has 56 heavy (non-hydrogen) atoms. The summed E-state index contributed by atoms with van der Waals surface area (Å²) in [5, 5.41) is 0. The number of ketones is 3. The van der Waals surface area contributed by atoms with Crippen molar-refractivity contribution in [3.8, 4) is 5.75 Å².